The summed E-state index contributed by atoms with van der Waals surface area (Å²) >= 11 is 0. The summed E-state index contributed by atoms with van der Waals surface area (Å²) in [5.41, 5.74) is 8.73. The highest BCUT2D eigenvalue weighted by Crippen LogP contribution is 2.44. The van der Waals surface area contributed by atoms with E-state index in [0.29, 0.717) is 11.3 Å². The third-order valence-corrected chi connectivity index (χ3v) is 6.23. The molecule has 0 unspecified atom stereocenters. The van der Waals surface area contributed by atoms with Gasteiger partial charge in [0.05, 0.1) is 5.56 Å². The van der Waals surface area contributed by atoms with Gasteiger partial charge in [-0.1, -0.05) is 74.1 Å². The van der Waals surface area contributed by atoms with E-state index in [2.05, 4.69) is 60.7 Å². The molecule has 1 aliphatic rings. The average Bonchev–Trinajstić information content (AvgIpc) is 3.09. The molecule has 5 nitrogen and oxygen atoms in total. The summed E-state index contributed by atoms with van der Waals surface area (Å²) in [4.78, 5) is 24.1. The minimum atomic E-state index is -1.64. The van der Waals surface area contributed by atoms with Crippen LogP contribution in [0.3, 0.4) is 0 Å². The van der Waals surface area contributed by atoms with Crippen molar-refractivity contribution in [3.8, 4) is 22.6 Å². The lowest BCUT2D eigenvalue weighted by molar-refractivity contribution is 0.0696. The summed E-state index contributed by atoms with van der Waals surface area (Å²) in [5, 5.41) is 12.1. The molecule has 1 amide bonds. The fourth-order valence-corrected chi connectivity index (χ4v) is 4.43. The van der Waals surface area contributed by atoms with Crippen molar-refractivity contribution in [3.63, 3.8) is 0 Å². The van der Waals surface area contributed by atoms with Gasteiger partial charge in [0.2, 0.25) is 0 Å². The molecule has 6 heteroatoms. The van der Waals surface area contributed by atoms with Crippen LogP contribution in [0.25, 0.3) is 11.1 Å². The highest BCUT2D eigenvalue weighted by atomic mass is 28.3. The van der Waals surface area contributed by atoms with E-state index in [9.17, 15) is 14.7 Å². The molecular formula is C27H25NO4Si. The number of hydrogen-bond donors (Lipinski definition) is 2. The molecule has 0 aliphatic heterocycles. The molecule has 1 aliphatic carbocycles. The van der Waals surface area contributed by atoms with Crippen molar-refractivity contribution in [1.29, 1.82) is 0 Å². The Hall–Kier alpha value is -3.82. The van der Waals surface area contributed by atoms with E-state index in [4.69, 9.17) is 4.74 Å². The van der Waals surface area contributed by atoms with Crippen molar-refractivity contribution in [2.45, 2.75) is 25.6 Å². The number of ether oxygens (including phenoxy) is 1. The lowest BCUT2D eigenvalue weighted by Gasteiger charge is -2.15. The molecule has 0 aromatic heterocycles. The zero-order valence-corrected chi connectivity index (χ0v) is 19.8. The van der Waals surface area contributed by atoms with Gasteiger partial charge in [-0.3, -0.25) is 5.32 Å². The Morgan fingerprint density at radius 3 is 2.15 bits per heavy atom. The number of anilines is 1. The van der Waals surface area contributed by atoms with Gasteiger partial charge in [-0.15, -0.1) is 5.54 Å². The number of benzene rings is 3. The fraction of sp³-hybridized carbons (Fsp3) is 0.185. The van der Waals surface area contributed by atoms with Crippen LogP contribution in [-0.4, -0.2) is 31.8 Å². The second kappa shape index (κ2) is 8.97. The first kappa shape index (κ1) is 22.4. The zero-order valence-electron chi connectivity index (χ0n) is 18.8. The molecule has 0 fully saturated rings. The SMILES string of the molecule is C[Si](C)(C)C#Cc1cc(NC(=O)OCC2c3ccccc3-c3ccccc32)cc(C(=O)O)c1. The number of fused-ring (bicyclic) bond motifs is 3. The molecule has 0 spiro atoms. The summed E-state index contributed by atoms with van der Waals surface area (Å²) in [6.45, 7) is 6.51. The monoisotopic (exact) mass is 455 g/mol. The molecule has 4 rings (SSSR count). The van der Waals surface area contributed by atoms with Crippen LogP contribution in [0.15, 0.2) is 66.7 Å². The van der Waals surface area contributed by atoms with Gasteiger partial charge in [0.1, 0.15) is 14.7 Å². The van der Waals surface area contributed by atoms with Crippen LogP contribution in [0, 0.1) is 11.5 Å². The number of carbonyl (C=O) groups excluding carboxylic acids is 1. The van der Waals surface area contributed by atoms with Gasteiger partial charge in [0, 0.05) is 17.2 Å². The normalized spacial score (nSPS) is 12.2. The Labute approximate surface area is 194 Å². The quantitative estimate of drug-likeness (QED) is 0.375. The molecule has 0 saturated heterocycles. The van der Waals surface area contributed by atoms with E-state index in [1.165, 1.54) is 12.1 Å². The molecule has 2 N–H and O–H groups in total. The van der Waals surface area contributed by atoms with Gasteiger partial charge in [0.15, 0.2) is 0 Å². The molecule has 33 heavy (non-hydrogen) atoms. The maximum atomic E-state index is 12.6. The minimum absolute atomic E-state index is 0.0494. The third-order valence-electron chi connectivity index (χ3n) is 5.35. The summed E-state index contributed by atoms with van der Waals surface area (Å²) in [6.07, 6.45) is -0.636. The number of nitrogens with one attached hydrogen (secondary N) is 1. The van der Waals surface area contributed by atoms with Crippen molar-refractivity contribution in [3.05, 3.63) is 89.0 Å². The summed E-state index contributed by atoms with van der Waals surface area (Å²) in [7, 11) is -1.64. The van der Waals surface area contributed by atoms with Gasteiger partial charge in [-0.2, -0.15) is 0 Å². The molecule has 3 aromatic rings. The van der Waals surface area contributed by atoms with Gasteiger partial charge in [-0.05, 0) is 40.5 Å². The lowest BCUT2D eigenvalue weighted by Crippen LogP contribution is -2.18. The van der Waals surface area contributed by atoms with E-state index in [-0.39, 0.29) is 18.1 Å². The Bertz CT molecular complexity index is 1250. The Kier molecular flexibility index (Phi) is 6.08. The summed E-state index contributed by atoms with van der Waals surface area (Å²) in [5.74, 6) is 1.92. The molecule has 0 atom stereocenters. The first-order chi connectivity index (χ1) is 15.7. The summed E-state index contributed by atoms with van der Waals surface area (Å²) < 4.78 is 5.57. The topological polar surface area (TPSA) is 75.6 Å². The highest BCUT2D eigenvalue weighted by Gasteiger charge is 2.29. The molecule has 0 saturated carbocycles. The molecule has 0 heterocycles. The number of carboxylic acids is 1. The number of rotatable bonds is 4. The third kappa shape index (κ3) is 5.16. The first-order valence-corrected chi connectivity index (χ1v) is 14.2. The van der Waals surface area contributed by atoms with Crippen molar-refractivity contribution in [2.75, 3.05) is 11.9 Å². The van der Waals surface area contributed by atoms with Crippen molar-refractivity contribution in [2.24, 2.45) is 0 Å². The second-order valence-corrected chi connectivity index (χ2v) is 13.8. The number of carboxylic acid groups (broad SMARTS) is 1. The van der Waals surface area contributed by atoms with Crippen LogP contribution in [0.1, 0.15) is 33.0 Å². The van der Waals surface area contributed by atoms with Gasteiger partial charge >= 0.3 is 12.1 Å². The summed E-state index contributed by atoms with van der Waals surface area (Å²) in [6, 6.07) is 20.8. The number of hydrogen-bond acceptors (Lipinski definition) is 3. The first-order valence-electron chi connectivity index (χ1n) is 10.7. The minimum Gasteiger partial charge on any atom is -0.478 e. The van der Waals surface area contributed by atoms with E-state index in [0.717, 1.165) is 22.3 Å². The predicted molar refractivity (Wildman–Crippen MR) is 132 cm³/mol. The van der Waals surface area contributed by atoms with Crippen molar-refractivity contribution < 1.29 is 19.4 Å². The maximum absolute atomic E-state index is 12.6. The smallest absolute Gasteiger partial charge is 0.411 e. The Balaban J connectivity index is 1.51. The number of amides is 1. The standard InChI is InChI=1S/C27H25NO4Si/c1-33(2,3)13-12-18-14-19(26(29)30)16-20(15-18)28-27(31)32-17-25-23-10-6-4-8-21(23)22-9-5-7-11-24(22)25/h4-11,14-16,25H,17H2,1-3H3,(H,28,31)(H,29,30). The molecule has 3 aromatic carbocycles. The van der Waals surface area contributed by atoms with Crippen LogP contribution >= 0.6 is 0 Å². The average molecular weight is 456 g/mol. The predicted octanol–water partition coefficient (Wildman–Crippen LogP) is 5.97. The van der Waals surface area contributed by atoms with E-state index in [1.807, 2.05) is 24.3 Å². The molecule has 166 valence electrons. The Morgan fingerprint density at radius 2 is 1.58 bits per heavy atom. The molecular weight excluding hydrogens is 430 g/mol. The van der Waals surface area contributed by atoms with Gasteiger partial charge < -0.3 is 9.84 Å². The van der Waals surface area contributed by atoms with E-state index in [1.54, 1.807) is 6.07 Å². The largest absolute Gasteiger partial charge is 0.478 e. The number of carbonyl (C=O) groups is 2. The molecule has 0 bridgehead atoms. The van der Waals surface area contributed by atoms with Crippen molar-refractivity contribution >= 4 is 25.8 Å². The van der Waals surface area contributed by atoms with Crippen LogP contribution in [-0.2, 0) is 4.74 Å². The lowest BCUT2D eigenvalue weighted by atomic mass is 9.98. The van der Waals surface area contributed by atoms with Crippen LogP contribution in [0.5, 0.6) is 0 Å². The zero-order chi connectivity index (χ0) is 23.6. The van der Waals surface area contributed by atoms with Crippen LogP contribution < -0.4 is 5.32 Å². The van der Waals surface area contributed by atoms with E-state index >= 15 is 0 Å². The van der Waals surface area contributed by atoms with Crippen LogP contribution in [0.4, 0.5) is 10.5 Å². The number of aromatic carboxylic acids is 1. The van der Waals surface area contributed by atoms with Gasteiger partial charge in [-0.25, -0.2) is 9.59 Å². The van der Waals surface area contributed by atoms with Crippen molar-refractivity contribution in [1.82, 2.24) is 0 Å². The van der Waals surface area contributed by atoms with E-state index < -0.39 is 20.1 Å². The second-order valence-electron chi connectivity index (χ2n) is 9.05. The van der Waals surface area contributed by atoms with Gasteiger partial charge in [0.25, 0.3) is 0 Å². The Morgan fingerprint density at radius 1 is 0.970 bits per heavy atom. The highest BCUT2D eigenvalue weighted by molar-refractivity contribution is 6.83. The van der Waals surface area contributed by atoms with Crippen LogP contribution in [0.2, 0.25) is 19.6 Å². The molecule has 0 radical (unpaired) electrons. The maximum Gasteiger partial charge on any atom is 0.411 e. The fourth-order valence-electron chi connectivity index (χ4n) is 3.91.